The van der Waals surface area contributed by atoms with Gasteiger partial charge < -0.3 is 9.64 Å². The first-order chi connectivity index (χ1) is 7.42. The van der Waals surface area contributed by atoms with Gasteiger partial charge in [-0.25, -0.2) is 9.19 Å². The third-order valence-corrected chi connectivity index (χ3v) is 2.60. The highest BCUT2D eigenvalue weighted by molar-refractivity contribution is 7.78. The lowest BCUT2D eigenvalue weighted by Crippen LogP contribution is -2.41. The van der Waals surface area contributed by atoms with Crippen LogP contribution in [-0.2, 0) is 4.74 Å². The third kappa shape index (κ3) is 4.43. The Morgan fingerprint density at radius 2 is 2.00 bits per heavy atom. The van der Waals surface area contributed by atoms with Crippen molar-refractivity contribution in [3.63, 3.8) is 0 Å². The van der Waals surface area contributed by atoms with E-state index in [0.29, 0.717) is 5.92 Å². The number of carbonyl (C=O) groups excluding carboxylic acids is 1. The topological polar surface area (TPSA) is 41.9 Å². The molecule has 0 bridgehead atoms. The first-order valence-electron chi connectivity index (χ1n) is 5.58. The van der Waals surface area contributed by atoms with E-state index in [1.165, 1.54) is 0 Å². The van der Waals surface area contributed by atoms with E-state index in [1.807, 2.05) is 27.0 Å². The van der Waals surface area contributed by atoms with Gasteiger partial charge >= 0.3 is 6.09 Å². The van der Waals surface area contributed by atoms with Gasteiger partial charge in [0.15, 0.2) is 0 Å². The summed E-state index contributed by atoms with van der Waals surface area (Å²) in [7, 11) is 0. The maximum Gasteiger partial charge on any atom is 0.410 e. The van der Waals surface area contributed by atoms with Gasteiger partial charge in [0, 0.05) is 19.3 Å². The van der Waals surface area contributed by atoms with Crippen molar-refractivity contribution in [1.29, 1.82) is 0 Å². The number of amides is 1. The van der Waals surface area contributed by atoms with Crippen molar-refractivity contribution in [1.82, 2.24) is 4.90 Å². The van der Waals surface area contributed by atoms with E-state index in [1.54, 1.807) is 4.90 Å². The predicted octanol–water partition coefficient (Wildman–Crippen LogP) is 2.55. The molecule has 0 unspecified atom stereocenters. The van der Waals surface area contributed by atoms with Crippen molar-refractivity contribution in [2.75, 3.05) is 13.1 Å². The number of nitrogens with zero attached hydrogens (tertiary/aromatic N) is 2. The Kier molecular flexibility index (Phi) is 4.65. The van der Waals surface area contributed by atoms with E-state index in [2.05, 4.69) is 17.2 Å². The fraction of sp³-hybridized carbons (Fsp3) is 0.818. The molecule has 0 aromatic heterocycles. The molecule has 0 saturated carbocycles. The number of likely N-dealkylation sites (tertiary alicyclic amines) is 1. The summed E-state index contributed by atoms with van der Waals surface area (Å²) >= 11 is 3.81. The molecule has 1 aliphatic rings. The van der Waals surface area contributed by atoms with Crippen molar-refractivity contribution in [3.8, 4) is 0 Å². The van der Waals surface area contributed by atoms with Crippen LogP contribution >= 0.6 is 12.8 Å². The average molecular weight is 244 g/mol. The average Bonchev–Trinajstić information content (AvgIpc) is 2.16. The summed E-state index contributed by atoms with van der Waals surface area (Å²) in [6, 6.07) is 0. The van der Waals surface area contributed by atoms with Crippen LogP contribution in [-0.4, -0.2) is 35.9 Å². The molecule has 1 amide bonds. The highest BCUT2D eigenvalue weighted by Crippen LogP contribution is 2.18. The van der Waals surface area contributed by atoms with Crippen LogP contribution in [0.15, 0.2) is 4.40 Å². The first-order valence-corrected chi connectivity index (χ1v) is 5.98. The molecule has 1 rings (SSSR count). The van der Waals surface area contributed by atoms with Gasteiger partial charge in [0.1, 0.15) is 5.60 Å². The summed E-state index contributed by atoms with van der Waals surface area (Å²) in [5, 5.41) is 0. The minimum Gasteiger partial charge on any atom is -0.444 e. The molecule has 4 nitrogen and oxygen atoms in total. The molecule has 0 spiro atoms. The molecule has 0 aromatic carbocycles. The predicted molar refractivity (Wildman–Crippen MR) is 68.0 cm³/mol. The highest BCUT2D eigenvalue weighted by Gasteiger charge is 2.25. The second-order valence-electron chi connectivity index (χ2n) is 5.07. The number of ether oxygens (including phenoxy) is 1. The third-order valence-electron chi connectivity index (χ3n) is 2.47. The summed E-state index contributed by atoms with van der Waals surface area (Å²) in [6.45, 7) is 7.11. The van der Waals surface area contributed by atoms with E-state index in [-0.39, 0.29) is 6.09 Å². The lowest BCUT2D eigenvalue weighted by molar-refractivity contribution is 0.0203. The normalized spacial score (nSPS) is 19.1. The molecule has 5 heteroatoms. The fourth-order valence-corrected chi connectivity index (χ4v) is 1.84. The van der Waals surface area contributed by atoms with E-state index in [9.17, 15) is 4.79 Å². The monoisotopic (exact) mass is 244 g/mol. The number of rotatable bonds is 1. The number of thiol groups is 1. The smallest absolute Gasteiger partial charge is 0.410 e. The van der Waals surface area contributed by atoms with E-state index in [4.69, 9.17) is 4.74 Å². The lowest BCUT2D eigenvalue weighted by Gasteiger charge is -2.32. The van der Waals surface area contributed by atoms with Crippen LogP contribution in [0.3, 0.4) is 0 Å². The number of hydrogen-bond acceptors (Lipinski definition) is 4. The lowest BCUT2D eigenvalue weighted by atomic mass is 9.99. The van der Waals surface area contributed by atoms with Crippen LogP contribution in [0.25, 0.3) is 0 Å². The van der Waals surface area contributed by atoms with Gasteiger partial charge in [0.25, 0.3) is 0 Å². The molecule has 92 valence electrons. The van der Waals surface area contributed by atoms with Crippen molar-refractivity contribution in [3.05, 3.63) is 0 Å². The summed E-state index contributed by atoms with van der Waals surface area (Å²) < 4.78 is 9.03. The van der Waals surface area contributed by atoms with Gasteiger partial charge in [0.2, 0.25) is 0 Å². The van der Waals surface area contributed by atoms with Crippen molar-refractivity contribution >= 4 is 25.1 Å². The van der Waals surface area contributed by atoms with Crippen LogP contribution in [0.4, 0.5) is 4.79 Å². The molecule has 0 aliphatic carbocycles. The second kappa shape index (κ2) is 5.57. The van der Waals surface area contributed by atoms with Crippen LogP contribution in [0.2, 0.25) is 0 Å². The van der Waals surface area contributed by atoms with Gasteiger partial charge in [-0.05, 0) is 52.3 Å². The zero-order valence-corrected chi connectivity index (χ0v) is 11.0. The maximum atomic E-state index is 11.7. The minimum absolute atomic E-state index is 0.214. The number of carbonyl (C=O) groups is 1. The molecule has 1 fully saturated rings. The Bertz CT molecular complexity index is 266. The van der Waals surface area contributed by atoms with Gasteiger partial charge in [-0.1, -0.05) is 0 Å². The standard InChI is InChI=1S/C11H20N2O2S/c1-11(2,3)15-10(14)13-6-4-9(5-7-13)8-12-16/h8-9,16H,4-7H2,1-3H3. The zero-order valence-electron chi connectivity index (χ0n) is 10.1. The maximum absolute atomic E-state index is 11.7. The van der Waals surface area contributed by atoms with Crippen LogP contribution < -0.4 is 0 Å². The Balaban J connectivity index is 2.39. The van der Waals surface area contributed by atoms with E-state index >= 15 is 0 Å². The fourth-order valence-electron chi connectivity index (χ4n) is 1.65. The van der Waals surface area contributed by atoms with Gasteiger partial charge in [-0.2, -0.15) is 0 Å². The summed E-state index contributed by atoms with van der Waals surface area (Å²) in [6.07, 6.45) is 3.50. The Morgan fingerprint density at radius 3 is 2.44 bits per heavy atom. The van der Waals surface area contributed by atoms with E-state index in [0.717, 1.165) is 25.9 Å². The van der Waals surface area contributed by atoms with Crippen LogP contribution in [0, 0.1) is 5.92 Å². The quantitative estimate of drug-likeness (QED) is 0.569. The Morgan fingerprint density at radius 1 is 1.44 bits per heavy atom. The Hall–Kier alpha value is -0.710. The summed E-state index contributed by atoms with van der Waals surface area (Å²) in [5.41, 5.74) is -0.416. The largest absolute Gasteiger partial charge is 0.444 e. The number of hydrogen-bond donors (Lipinski definition) is 1. The molecule has 1 saturated heterocycles. The first kappa shape index (κ1) is 13.4. The summed E-state index contributed by atoms with van der Waals surface area (Å²) in [4.78, 5) is 13.5. The number of piperidine rings is 1. The minimum atomic E-state index is -0.416. The van der Waals surface area contributed by atoms with Gasteiger partial charge in [0.05, 0.1) is 0 Å². The van der Waals surface area contributed by atoms with E-state index < -0.39 is 5.60 Å². The summed E-state index contributed by atoms with van der Waals surface area (Å²) in [5.74, 6) is 0.441. The Labute approximate surface area is 103 Å². The molecule has 1 heterocycles. The van der Waals surface area contributed by atoms with Crippen molar-refractivity contribution < 1.29 is 9.53 Å². The van der Waals surface area contributed by atoms with Gasteiger partial charge in [-0.3, -0.25) is 0 Å². The molecule has 0 aromatic rings. The highest BCUT2D eigenvalue weighted by atomic mass is 32.1. The zero-order chi connectivity index (χ0) is 12.2. The molecule has 1 aliphatic heterocycles. The van der Waals surface area contributed by atoms with Crippen LogP contribution in [0.1, 0.15) is 33.6 Å². The second-order valence-corrected chi connectivity index (χ2v) is 5.30. The molecular weight excluding hydrogens is 224 g/mol. The van der Waals surface area contributed by atoms with Crippen molar-refractivity contribution in [2.45, 2.75) is 39.2 Å². The van der Waals surface area contributed by atoms with Crippen LogP contribution in [0.5, 0.6) is 0 Å². The molecule has 0 atom stereocenters. The molecule has 0 N–H and O–H groups in total. The molecule has 16 heavy (non-hydrogen) atoms. The molecule has 0 radical (unpaired) electrons. The molecular formula is C11H20N2O2S. The SMILES string of the molecule is CC(C)(C)OC(=O)N1CCC(C=NS)CC1. The van der Waals surface area contributed by atoms with Crippen molar-refractivity contribution in [2.24, 2.45) is 10.3 Å². The van der Waals surface area contributed by atoms with Gasteiger partial charge in [-0.15, -0.1) is 0 Å².